The van der Waals surface area contributed by atoms with Gasteiger partial charge in [0.05, 0.1) is 5.69 Å². The van der Waals surface area contributed by atoms with Crippen molar-refractivity contribution in [3.05, 3.63) is 18.0 Å². The Kier molecular flexibility index (Phi) is 4.49. The molecule has 0 radical (unpaired) electrons. The minimum absolute atomic E-state index is 0.525. The highest BCUT2D eigenvalue weighted by Gasteiger charge is 2.01. The van der Waals surface area contributed by atoms with E-state index in [1.807, 2.05) is 6.07 Å². The van der Waals surface area contributed by atoms with Crippen LogP contribution < -0.4 is 5.32 Å². The van der Waals surface area contributed by atoms with Gasteiger partial charge in [-0.1, -0.05) is 12.1 Å². The topological polar surface area (TPSA) is 47.3 Å². The minimum atomic E-state index is 0.525. The number of hydrogen-bond donors (Lipinski definition) is 1. The van der Waals surface area contributed by atoms with Crippen LogP contribution >= 0.6 is 0 Å². The molecule has 74 valence electrons. The van der Waals surface area contributed by atoms with E-state index in [1.54, 1.807) is 13.4 Å². The molecule has 1 aromatic heterocycles. The summed E-state index contributed by atoms with van der Waals surface area (Å²) >= 11 is 0. The van der Waals surface area contributed by atoms with Crippen LogP contribution in [-0.4, -0.2) is 25.4 Å². The van der Waals surface area contributed by atoms with Gasteiger partial charge in [0.1, 0.15) is 6.26 Å². The summed E-state index contributed by atoms with van der Waals surface area (Å²) in [6.45, 7) is 4.61. The van der Waals surface area contributed by atoms with Crippen LogP contribution in [0.1, 0.15) is 12.6 Å². The van der Waals surface area contributed by atoms with Crippen molar-refractivity contribution in [3.8, 4) is 0 Å². The average molecular weight is 184 g/mol. The van der Waals surface area contributed by atoms with Gasteiger partial charge in [0, 0.05) is 32.9 Å². The molecule has 0 aliphatic carbocycles. The Labute approximate surface area is 78.2 Å². The maximum absolute atomic E-state index is 5.02. The van der Waals surface area contributed by atoms with E-state index in [0.29, 0.717) is 5.92 Å². The summed E-state index contributed by atoms with van der Waals surface area (Å²) in [5.74, 6) is 0.525. The number of nitrogens with one attached hydrogen (secondary N) is 1. The van der Waals surface area contributed by atoms with Crippen LogP contribution in [0.5, 0.6) is 0 Å². The van der Waals surface area contributed by atoms with Crippen molar-refractivity contribution in [1.82, 2.24) is 10.5 Å². The van der Waals surface area contributed by atoms with Crippen LogP contribution in [0.2, 0.25) is 0 Å². The molecule has 1 heterocycles. The van der Waals surface area contributed by atoms with E-state index in [1.165, 1.54) is 0 Å². The van der Waals surface area contributed by atoms with Gasteiger partial charge in [0.25, 0.3) is 0 Å². The highest BCUT2D eigenvalue weighted by Crippen LogP contribution is 1.95. The average Bonchev–Trinajstić information content (AvgIpc) is 2.57. The van der Waals surface area contributed by atoms with E-state index in [2.05, 4.69) is 17.4 Å². The summed E-state index contributed by atoms with van der Waals surface area (Å²) < 4.78 is 9.72. The summed E-state index contributed by atoms with van der Waals surface area (Å²) in [7, 11) is 1.72. The number of rotatable bonds is 6. The molecule has 1 N–H and O–H groups in total. The van der Waals surface area contributed by atoms with Crippen molar-refractivity contribution in [1.29, 1.82) is 0 Å². The van der Waals surface area contributed by atoms with Crippen molar-refractivity contribution < 1.29 is 9.26 Å². The van der Waals surface area contributed by atoms with Crippen LogP contribution in [0.15, 0.2) is 16.9 Å². The molecule has 4 nitrogen and oxygen atoms in total. The molecule has 1 rings (SSSR count). The Hall–Kier alpha value is -0.870. The summed E-state index contributed by atoms with van der Waals surface area (Å²) in [6.07, 6.45) is 1.58. The Morgan fingerprint density at radius 3 is 3.15 bits per heavy atom. The van der Waals surface area contributed by atoms with Gasteiger partial charge in [-0.3, -0.25) is 0 Å². The van der Waals surface area contributed by atoms with E-state index in [-0.39, 0.29) is 0 Å². The van der Waals surface area contributed by atoms with Crippen molar-refractivity contribution in [2.45, 2.75) is 13.5 Å². The second kappa shape index (κ2) is 5.72. The number of nitrogens with zero attached hydrogens (tertiary/aromatic N) is 1. The largest absolute Gasteiger partial charge is 0.384 e. The van der Waals surface area contributed by atoms with Crippen molar-refractivity contribution >= 4 is 0 Å². The third-order valence-electron chi connectivity index (χ3n) is 1.74. The Morgan fingerprint density at radius 1 is 1.69 bits per heavy atom. The lowest BCUT2D eigenvalue weighted by atomic mass is 10.2. The van der Waals surface area contributed by atoms with Crippen molar-refractivity contribution in [3.63, 3.8) is 0 Å². The van der Waals surface area contributed by atoms with Crippen molar-refractivity contribution in [2.24, 2.45) is 5.92 Å². The summed E-state index contributed by atoms with van der Waals surface area (Å²) in [5, 5.41) is 7.06. The smallest absolute Gasteiger partial charge is 0.124 e. The molecule has 4 heteroatoms. The molecular weight excluding hydrogens is 168 g/mol. The summed E-state index contributed by atoms with van der Waals surface area (Å²) in [4.78, 5) is 0. The number of methoxy groups -OCH3 is 1. The van der Waals surface area contributed by atoms with Gasteiger partial charge in [-0.25, -0.2) is 0 Å². The Morgan fingerprint density at radius 2 is 2.54 bits per heavy atom. The molecule has 0 aromatic carbocycles. The molecular formula is C9H16N2O2. The zero-order chi connectivity index (χ0) is 9.52. The summed E-state index contributed by atoms with van der Waals surface area (Å²) in [6, 6.07) is 1.86. The molecule has 0 fully saturated rings. The normalized spacial score (nSPS) is 13.1. The maximum atomic E-state index is 5.02. The van der Waals surface area contributed by atoms with E-state index >= 15 is 0 Å². The first kappa shape index (κ1) is 10.2. The molecule has 13 heavy (non-hydrogen) atoms. The van der Waals surface area contributed by atoms with Gasteiger partial charge in [0.15, 0.2) is 0 Å². The van der Waals surface area contributed by atoms with Gasteiger partial charge in [-0.05, 0) is 5.92 Å². The van der Waals surface area contributed by atoms with E-state index in [0.717, 1.165) is 25.4 Å². The number of ether oxygens (including phenoxy) is 1. The number of aromatic nitrogens is 1. The van der Waals surface area contributed by atoms with Crippen LogP contribution in [0, 0.1) is 5.92 Å². The molecule has 0 amide bonds. The zero-order valence-electron chi connectivity index (χ0n) is 8.12. The fourth-order valence-corrected chi connectivity index (χ4v) is 1.12. The molecule has 1 unspecified atom stereocenters. The van der Waals surface area contributed by atoms with Crippen LogP contribution in [0.4, 0.5) is 0 Å². The third kappa shape index (κ3) is 4.05. The lowest BCUT2D eigenvalue weighted by Crippen LogP contribution is -2.23. The van der Waals surface area contributed by atoms with Crippen LogP contribution in [-0.2, 0) is 11.3 Å². The molecule has 0 saturated heterocycles. The first-order valence-corrected chi connectivity index (χ1v) is 4.42. The lowest BCUT2D eigenvalue weighted by Gasteiger charge is -2.09. The highest BCUT2D eigenvalue weighted by molar-refractivity contribution is 4.94. The standard InChI is InChI=1S/C9H16N2O2/c1-8(7-12-2)5-10-6-9-3-4-13-11-9/h3-4,8,10H,5-7H2,1-2H3. The quantitative estimate of drug-likeness (QED) is 0.717. The SMILES string of the molecule is COCC(C)CNCc1ccon1. The van der Waals surface area contributed by atoms with E-state index < -0.39 is 0 Å². The fourth-order valence-electron chi connectivity index (χ4n) is 1.12. The van der Waals surface area contributed by atoms with Gasteiger partial charge < -0.3 is 14.6 Å². The lowest BCUT2D eigenvalue weighted by molar-refractivity contribution is 0.158. The Balaban J connectivity index is 2.07. The monoisotopic (exact) mass is 184 g/mol. The molecule has 0 aliphatic rings. The molecule has 0 saturated carbocycles. The molecule has 1 atom stereocenters. The molecule has 0 bridgehead atoms. The number of hydrogen-bond acceptors (Lipinski definition) is 4. The Bertz CT molecular complexity index is 211. The molecule has 0 spiro atoms. The van der Waals surface area contributed by atoms with Crippen molar-refractivity contribution in [2.75, 3.05) is 20.3 Å². The van der Waals surface area contributed by atoms with E-state index in [9.17, 15) is 0 Å². The predicted molar refractivity (Wildman–Crippen MR) is 49.2 cm³/mol. The predicted octanol–water partition coefficient (Wildman–Crippen LogP) is 1.05. The minimum Gasteiger partial charge on any atom is -0.384 e. The second-order valence-electron chi connectivity index (χ2n) is 3.18. The first-order chi connectivity index (χ1) is 6.33. The van der Waals surface area contributed by atoms with Gasteiger partial charge in [-0.2, -0.15) is 0 Å². The van der Waals surface area contributed by atoms with Gasteiger partial charge in [0.2, 0.25) is 0 Å². The molecule has 0 aliphatic heterocycles. The first-order valence-electron chi connectivity index (χ1n) is 4.42. The van der Waals surface area contributed by atoms with E-state index in [4.69, 9.17) is 9.26 Å². The highest BCUT2D eigenvalue weighted by atomic mass is 16.5. The van der Waals surface area contributed by atoms with Gasteiger partial charge >= 0.3 is 0 Å². The fraction of sp³-hybridized carbons (Fsp3) is 0.667. The second-order valence-corrected chi connectivity index (χ2v) is 3.18. The zero-order valence-corrected chi connectivity index (χ0v) is 8.12. The van der Waals surface area contributed by atoms with Crippen LogP contribution in [0.3, 0.4) is 0 Å². The summed E-state index contributed by atoms with van der Waals surface area (Å²) in [5.41, 5.74) is 0.935. The maximum Gasteiger partial charge on any atom is 0.124 e. The third-order valence-corrected chi connectivity index (χ3v) is 1.74. The van der Waals surface area contributed by atoms with Gasteiger partial charge in [-0.15, -0.1) is 0 Å². The van der Waals surface area contributed by atoms with Crippen LogP contribution in [0.25, 0.3) is 0 Å². The molecule has 1 aromatic rings.